The molecule has 3 aliphatic rings. The topological polar surface area (TPSA) is 52.6 Å². The lowest BCUT2D eigenvalue weighted by Gasteiger charge is -2.28. The first-order chi connectivity index (χ1) is 12.2. The molecule has 0 saturated carbocycles. The Balaban J connectivity index is 1.65. The fourth-order valence-corrected chi connectivity index (χ4v) is 3.87. The summed E-state index contributed by atoms with van der Waals surface area (Å²) in [7, 11) is 1.71. The molecule has 0 spiro atoms. The predicted molar refractivity (Wildman–Crippen MR) is 94.8 cm³/mol. The normalized spacial score (nSPS) is 22.5. The number of nitrogens with zero attached hydrogens (tertiary/aromatic N) is 1. The Kier molecular flexibility index (Phi) is 3.04. The maximum absolute atomic E-state index is 5.61. The smallest absolute Gasteiger partial charge is 0.231 e. The van der Waals surface area contributed by atoms with Gasteiger partial charge in [-0.3, -0.25) is 0 Å². The van der Waals surface area contributed by atoms with Crippen molar-refractivity contribution >= 4 is 11.4 Å². The van der Waals surface area contributed by atoms with Gasteiger partial charge in [-0.2, -0.15) is 0 Å². The number of hydrogen-bond donors (Lipinski definition) is 1. The lowest BCUT2D eigenvalue weighted by molar-refractivity contribution is 0.174. The molecule has 1 aliphatic carbocycles. The fourth-order valence-electron chi connectivity index (χ4n) is 3.87. The summed E-state index contributed by atoms with van der Waals surface area (Å²) in [5.41, 5.74) is 4.71. The Morgan fingerprint density at radius 2 is 2.04 bits per heavy atom. The standard InChI is InChI=1S/C20H18N2O3/c1-11-7-14-18-13(12-3-5-15-17(8-12)25-10-24-15)4-6-16(23-2)19(18)22-20(14)21-9-11/h3-9,18-19H,10H2,1-2H3,(H,21,22). The number of anilines is 1. The third-order valence-corrected chi connectivity index (χ3v) is 5.02. The summed E-state index contributed by atoms with van der Waals surface area (Å²) in [4.78, 5) is 4.57. The van der Waals surface area contributed by atoms with Crippen LogP contribution >= 0.6 is 0 Å². The Bertz CT molecular complexity index is 933. The SMILES string of the molecule is COC1=CC=C(c2ccc3c(c2)OCO3)C2c3cc(C)cnc3NC12. The minimum atomic E-state index is 0.0553. The van der Waals surface area contributed by atoms with Gasteiger partial charge < -0.3 is 19.5 Å². The molecule has 2 unspecified atom stereocenters. The predicted octanol–water partition coefficient (Wildman–Crippen LogP) is 3.62. The molecule has 5 heteroatoms. The first kappa shape index (κ1) is 14.4. The van der Waals surface area contributed by atoms with Crippen LogP contribution in [0.25, 0.3) is 5.57 Å². The molecule has 1 aromatic carbocycles. The van der Waals surface area contributed by atoms with Crippen LogP contribution in [0.1, 0.15) is 22.6 Å². The highest BCUT2D eigenvalue weighted by Crippen LogP contribution is 2.49. The van der Waals surface area contributed by atoms with Gasteiger partial charge in [0.1, 0.15) is 11.6 Å². The zero-order valence-corrected chi connectivity index (χ0v) is 14.1. The summed E-state index contributed by atoms with van der Waals surface area (Å²) in [6, 6.07) is 8.38. The molecule has 2 aliphatic heterocycles. The highest BCUT2D eigenvalue weighted by Gasteiger charge is 2.40. The second-order valence-electron chi connectivity index (χ2n) is 6.51. The number of aryl methyl sites for hydroxylation is 1. The average Bonchev–Trinajstić information content (AvgIpc) is 3.24. The minimum absolute atomic E-state index is 0.0553. The van der Waals surface area contributed by atoms with Crippen molar-refractivity contribution in [3.63, 3.8) is 0 Å². The number of aromatic nitrogens is 1. The Morgan fingerprint density at radius 1 is 1.16 bits per heavy atom. The molecule has 3 heterocycles. The van der Waals surface area contributed by atoms with Crippen LogP contribution in [0.3, 0.4) is 0 Å². The van der Waals surface area contributed by atoms with Crippen LogP contribution in [-0.2, 0) is 4.74 Å². The number of fused-ring (bicyclic) bond motifs is 4. The molecular formula is C20H18N2O3. The number of ether oxygens (including phenoxy) is 3. The minimum Gasteiger partial charge on any atom is -0.499 e. The molecule has 5 nitrogen and oxygen atoms in total. The summed E-state index contributed by atoms with van der Waals surface area (Å²) < 4.78 is 16.6. The van der Waals surface area contributed by atoms with Crippen LogP contribution in [0, 0.1) is 6.92 Å². The van der Waals surface area contributed by atoms with Gasteiger partial charge in [-0.25, -0.2) is 4.98 Å². The van der Waals surface area contributed by atoms with Crippen LogP contribution in [-0.4, -0.2) is 24.9 Å². The van der Waals surface area contributed by atoms with Crippen LogP contribution in [0.5, 0.6) is 11.5 Å². The number of nitrogens with one attached hydrogen (secondary N) is 1. The van der Waals surface area contributed by atoms with Crippen molar-refractivity contribution in [3.8, 4) is 11.5 Å². The second kappa shape index (κ2) is 5.28. The Hall–Kier alpha value is -2.95. The third kappa shape index (κ3) is 2.12. The average molecular weight is 334 g/mol. The Labute approximate surface area is 145 Å². The number of rotatable bonds is 2. The summed E-state index contributed by atoms with van der Waals surface area (Å²) in [5, 5.41) is 3.52. The van der Waals surface area contributed by atoms with Crippen molar-refractivity contribution in [2.75, 3.05) is 19.2 Å². The van der Waals surface area contributed by atoms with E-state index < -0.39 is 0 Å². The van der Waals surface area contributed by atoms with Gasteiger partial charge in [0.05, 0.1) is 13.2 Å². The van der Waals surface area contributed by atoms with Crippen molar-refractivity contribution in [1.82, 2.24) is 4.98 Å². The quantitative estimate of drug-likeness (QED) is 0.909. The van der Waals surface area contributed by atoms with E-state index in [2.05, 4.69) is 41.5 Å². The lowest BCUT2D eigenvalue weighted by atomic mass is 9.80. The third-order valence-electron chi connectivity index (χ3n) is 5.02. The van der Waals surface area contributed by atoms with Gasteiger partial charge in [-0.15, -0.1) is 0 Å². The molecule has 0 fully saturated rings. The number of hydrogen-bond acceptors (Lipinski definition) is 5. The van der Waals surface area contributed by atoms with Crippen molar-refractivity contribution in [3.05, 3.63) is 65.1 Å². The van der Waals surface area contributed by atoms with Gasteiger partial charge in [-0.1, -0.05) is 18.2 Å². The summed E-state index contributed by atoms with van der Waals surface area (Å²) in [6.07, 6.45) is 6.06. The Morgan fingerprint density at radius 3 is 2.92 bits per heavy atom. The first-order valence-corrected chi connectivity index (χ1v) is 8.33. The molecule has 0 amide bonds. The largest absolute Gasteiger partial charge is 0.499 e. The maximum Gasteiger partial charge on any atom is 0.231 e. The fraction of sp³-hybridized carbons (Fsp3) is 0.250. The van der Waals surface area contributed by atoms with E-state index in [4.69, 9.17) is 14.2 Å². The van der Waals surface area contributed by atoms with E-state index in [9.17, 15) is 0 Å². The van der Waals surface area contributed by atoms with Gasteiger partial charge in [0, 0.05) is 17.7 Å². The summed E-state index contributed by atoms with van der Waals surface area (Å²) in [6.45, 7) is 2.35. The first-order valence-electron chi connectivity index (χ1n) is 8.33. The maximum atomic E-state index is 5.61. The summed E-state index contributed by atoms with van der Waals surface area (Å²) >= 11 is 0. The molecule has 0 saturated heterocycles. The zero-order valence-electron chi connectivity index (χ0n) is 14.1. The van der Waals surface area contributed by atoms with Crippen molar-refractivity contribution in [1.29, 1.82) is 0 Å². The van der Waals surface area contributed by atoms with E-state index in [-0.39, 0.29) is 18.8 Å². The van der Waals surface area contributed by atoms with Crippen molar-refractivity contribution in [2.45, 2.75) is 18.9 Å². The van der Waals surface area contributed by atoms with Gasteiger partial charge >= 0.3 is 0 Å². The molecule has 2 atom stereocenters. The van der Waals surface area contributed by atoms with Crippen molar-refractivity contribution < 1.29 is 14.2 Å². The van der Waals surface area contributed by atoms with Crippen LogP contribution in [0.2, 0.25) is 0 Å². The van der Waals surface area contributed by atoms with E-state index in [0.717, 1.165) is 34.2 Å². The second-order valence-corrected chi connectivity index (χ2v) is 6.51. The van der Waals surface area contributed by atoms with Crippen molar-refractivity contribution in [2.24, 2.45) is 0 Å². The lowest BCUT2D eigenvalue weighted by Crippen LogP contribution is -2.27. The van der Waals surface area contributed by atoms with E-state index in [0.29, 0.717) is 0 Å². The monoisotopic (exact) mass is 334 g/mol. The molecule has 0 bridgehead atoms. The molecule has 1 aromatic heterocycles. The molecule has 0 radical (unpaired) electrons. The van der Waals surface area contributed by atoms with E-state index in [1.807, 2.05) is 18.3 Å². The highest BCUT2D eigenvalue weighted by atomic mass is 16.7. The number of benzene rings is 1. The molecule has 2 aromatic rings. The molecule has 5 rings (SSSR count). The number of allylic oxidation sites excluding steroid dienone is 2. The molecular weight excluding hydrogens is 316 g/mol. The van der Waals surface area contributed by atoms with E-state index in [1.54, 1.807) is 7.11 Å². The zero-order chi connectivity index (χ0) is 17.0. The van der Waals surface area contributed by atoms with Crippen LogP contribution in [0.4, 0.5) is 5.82 Å². The number of methoxy groups -OCH3 is 1. The summed E-state index contributed by atoms with van der Waals surface area (Å²) in [5.74, 6) is 3.60. The van der Waals surface area contributed by atoms with Gasteiger partial charge in [-0.05, 0) is 41.8 Å². The van der Waals surface area contributed by atoms with E-state index >= 15 is 0 Å². The van der Waals surface area contributed by atoms with Gasteiger partial charge in [0.25, 0.3) is 0 Å². The van der Waals surface area contributed by atoms with Crippen LogP contribution < -0.4 is 14.8 Å². The molecule has 25 heavy (non-hydrogen) atoms. The highest BCUT2D eigenvalue weighted by molar-refractivity contribution is 5.82. The van der Waals surface area contributed by atoms with E-state index in [1.165, 1.54) is 11.1 Å². The van der Waals surface area contributed by atoms with Crippen LogP contribution in [0.15, 0.2) is 48.4 Å². The van der Waals surface area contributed by atoms with Gasteiger partial charge in [0.15, 0.2) is 11.5 Å². The molecule has 1 N–H and O–H groups in total. The number of pyridine rings is 1. The molecule has 126 valence electrons. The van der Waals surface area contributed by atoms with Gasteiger partial charge in [0.2, 0.25) is 6.79 Å².